The molecule has 2 heterocycles. The first kappa shape index (κ1) is 28.7. The van der Waals surface area contributed by atoms with Crippen LogP contribution in [0.3, 0.4) is 0 Å². The average Bonchev–Trinajstić information content (AvgIpc) is 3.22. The van der Waals surface area contributed by atoms with Crippen LogP contribution in [-0.2, 0) is 22.6 Å². The number of hydrogen-bond acceptors (Lipinski definition) is 7. The molecule has 0 radical (unpaired) electrons. The smallest absolute Gasteiger partial charge is 0.223 e. The van der Waals surface area contributed by atoms with Gasteiger partial charge in [0.1, 0.15) is 0 Å². The number of hydrogen-bond donors (Lipinski definition) is 3. The SMILES string of the molecule is CC(=O)Nc1ncc(CO)s1.CC(C)(C)[Si](C)(C)Cl.CCc1cnc(NC(C)=O)s1. The van der Waals surface area contributed by atoms with Gasteiger partial charge in [-0.2, -0.15) is 11.1 Å². The van der Waals surface area contributed by atoms with Gasteiger partial charge < -0.3 is 15.7 Å². The Morgan fingerprint density at radius 2 is 1.40 bits per heavy atom. The number of anilines is 2. The summed E-state index contributed by atoms with van der Waals surface area (Å²) in [6.45, 7) is 15.9. The molecule has 0 atom stereocenters. The molecule has 0 unspecified atom stereocenters. The van der Waals surface area contributed by atoms with E-state index in [0.29, 0.717) is 15.3 Å². The number of carbonyl (C=O) groups excluding carboxylic acids is 2. The third kappa shape index (κ3) is 12.4. The van der Waals surface area contributed by atoms with Crippen molar-refractivity contribution in [2.45, 2.75) is 72.7 Å². The summed E-state index contributed by atoms with van der Waals surface area (Å²) < 4.78 is 0. The van der Waals surface area contributed by atoms with Gasteiger partial charge >= 0.3 is 0 Å². The summed E-state index contributed by atoms with van der Waals surface area (Å²) in [5.41, 5.74) is 0. The van der Waals surface area contributed by atoms with E-state index in [1.54, 1.807) is 6.20 Å². The van der Waals surface area contributed by atoms with Gasteiger partial charge in [0, 0.05) is 31.1 Å². The molecule has 3 N–H and O–H groups in total. The zero-order valence-electron chi connectivity index (χ0n) is 18.9. The van der Waals surface area contributed by atoms with Crippen LogP contribution in [0.5, 0.6) is 0 Å². The van der Waals surface area contributed by atoms with E-state index in [9.17, 15) is 9.59 Å². The minimum atomic E-state index is -1.39. The highest BCUT2D eigenvalue weighted by Crippen LogP contribution is 2.38. The minimum Gasteiger partial charge on any atom is -0.391 e. The van der Waals surface area contributed by atoms with Crippen LogP contribution in [-0.4, -0.2) is 34.3 Å². The number of aliphatic hydroxyl groups is 1. The highest BCUT2D eigenvalue weighted by Gasteiger charge is 2.32. The second-order valence-corrected chi connectivity index (χ2v) is 17.4. The number of nitrogens with zero attached hydrogens (tertiary/aromatic N) is 2. The fraction of sp³-hybridized carbons (Fsp3) is 0.579. The van der Waals surface area contributed by atoms with E-state index in [-0.39, 0.29) is 18.4 Å². The molecule has 0 aliphatic rings. The van der Waals surface area contributed by atoms with Gasteiger partial charge in [-0.15, -0.1) is 11.3 Å². The molecule has 0 fully saturated rings. The maximum Gasteiger partial charge on any atom is 0.223 e. The summed E-state index contributed by atoms with van der Waals surface area (Å²) in [4.78, 5) is 30.9. The molecule has 0 bridgehead atoms. The molecule has 30 heavy (non-hydrogen) atoms. The Balaban J connectivity index is 0.000000428. The fourth-order valence-electron chi connectivity index (χ4n) is 1.27. The zero-order valence-corrected chi connectivity index (χ0v) is 22.3. The highest BCUT2D eigenvalue weighted by molar-refractivity contribution is 7.20. The quantitative estimate of drug-likeness (QED) is 0.386. The van der Waals surface area contributed by atoms with Gasteiger partial charge in [-0.25, -0.2) is 9.97 Å². The molecule has 2 aromatic heterocycles. The van der Waals surface area contributed by atoms with Crippen molar-refractivity contribution in [2.24, 2.45) is 0 Å². The third-order valence-electron chi connectivity index (χ3n) is 3.96. The number of aromatic nitrogens is 2. The Kier molecular flexibility index (Phi) is 12.6. The van der Waals surface area contributed by atoms with Crippen LogP contribution >= 0.6 is 33.8 Å². The number of carbonyl (C=O) groups is 2. The molecule has 2 rings (SSSR count). The number of halogens is 1. The maximum atomic E-state index is 10.6. The number of aliphatic hydroxyl groups excluding tert-OH is 1. The Bertz CT molecular complexity index is 732. The van der Waals surface area contributed by atoms with Crippen molar-refractivity contribution in [3.8, 4) is 0 Å². The molecule has 0 saturated heterocycles. The zero-order chi connectivity index (χ0) is 23.5. The first-order valence-electron chi connectivity index (χ1n) is 9.44. The molecule has 0 aliphatic heterocycles. The van der Waals surface area contributed by atoms with E-state index in [4.69, 9.17) is 16.2 Å². The van der Waals surface area contributed by atoms with E-state index in [1.807, 2.05) is 0 Å². The average molecular weight is 493 g/mol. The molecular formula is C19H33ClN4O3S2Si. The van der Waals surface area contributed by atoms with Crippen LogP contribution in [0.4, 0.5) is 10.3 Å². The van der Waals surface area contributed by atoms with Crippen molar-refractivity contribution in [3.63, 3.8) is 0 Å². The normalized spacial score (nSPS) is 10.9. The van der Waals surface area contributed by atoms with E-state index < -0.39 is 7.38 Å². The molecule has 0 aromatic carbocycles. The summed E-state index contributed by atoms with van der Waals surface area (Å²) >= 11 is 8.93. The van der Waals surface area contributed by atoms with E-state index >= 15 is 0 Å². The number of thiazole rings is 2. The Hall–Kier alpha value is -1.33. The summed E-state index contributed by atoms with van der Waals surface area (Å²) in [6, 6.07) is 0. The summed E-state index contributed by atoms with van der Waals surface area (Å²) in [6.07, 6.45) is 4.29. The van der Waals surface area contributed by atoms with Crippen LogP contribution in [0.25, 0.3) is 0 Å². The second-order valence-electron chi connectivity index (χ2n) is 7.86. The lowest BCUT2D eigenvalue weighted by atomic mass is 10.2. The van der Waals surface area contributed by atoms with E-state index in [1.165, 1.54) is 47.6 Å². The Morgan fingerprint density at radius 3 is 1.63 bits per heavy atom. The molecule has 170 valence electrons. The molecule has 0 saturated carbocycles. The number of aryl methyl sites for hydroxylation is 1. The first-order chi connectivity index (χ1) is 13.7. The van der Waals surface area contributed by atoms with Crippen LogP contribution < -0.4 is 10.6 Å². The summed E-state index contributed by atoms with van der Waals surface area (Å²) in [5, 5.41) is 15.3. The number of rotatable bonds is 4. The van der Waals surface area contributed by atoms with Crippen molar-refractivity contribution >= 4 is 63.2 Å². The van der Waals surface area contributed by atoms with Gasteiger partial charge in [-0.1, -0.05) is 52.1 Å². The van der Waals surface area contributed by atoms with Crippen LogP contribution in [0, 0.1) is 0 Å². The molecular weight excluding hydrogens is 460 g/mol. The monoisotopic (exact) mass is 492 g/mol. The second kappa shape index (κ2) is 13.2. The lowest BCUT2D eigenvalue weighted by molar-refractivity contribution is -0.115. The van der Waals surface area contributed by atoms with Gasteiger partial charge in [0.25, 0.3) is 0 Å². The Morgan fingerprint density at radius 1 is 1.03 bits per heavy atom. The molecule has 0 aliphatic carbocycles. The van der Waals surface area contributed by atoms with Crippen molar-refractivity contribution in [3.05, 3.63) is 22.1 Å². The molecule has 11 heteroatoms. The minimum absolute atomic E-state index is 0.0305. The van der Waals surface area contributed by atoms with Crippen molar-refractivity contribution in [1.82, 2.24) is 9.97 Å². The topological polar surface area (TPSA) is 104 Å². The van der Waals surface area contributed by atoms with Crippen LogP contribution in [0.1, 0.15) is 51.3 Å². The lowest BCUT2D eigenvalue weighted by Crippen LogP contribution is -2.29. The predicted molar refractivity (Wildman–Crippen MR) is 131 cm³/mol. The highest BCUT2D eigenvalue weighted by atomic mass is 35.6. The van der Waals surface area contributed by atoms with Gasteiger partial charge in [0.2, 0.25) is 11.8 Å². The molecule has 2 amide bonds. The largest absolute Gasteiger partial charge is 0.391 e. The first-order valence-corrected chi connectivity index (χ1v) is 15.1. The molecule has 7 nitrogen and oxygen atoms in total. The summed E-state index contributed by atoms with van der Waals surface area (Å²) in [7, 11) is -1.39. The van der Waals surface area contributed by atoms with Gasteiger partial charge in [-0.3, -0.25) is 9.59 Å². The predicted octanol–water partition coefficient (Wildman–Crippen LogP) is 5.49. The van der Waals surface area contributed by atoms with Crippen LogP contribution in [0.2, 0.25) is 18.1 Å². The van der Waals surface area contributed by atoms with E-state index in [0.717, 1.165) is 11.3 Å². The van der Waals surface area contributed by atoms with Crippen molar-refractivity contribution in [1.29, 1.82) is 0 Å². The van der Waals surface area contributed by atoms with E-state index in [2.05, 4.69) is 61.4 Å². The number of amides is 2. The lowest BCUT2D eigenvalue weighted by Gasteiger charge is -2.29. The van der Waals surface area contributed by atoms with Gasteiger partial charge in [0.05, 0.1) is 11.5 Å². The number of nitrogens with one attached hydrogen (secondary N) is 2. The molecule has 0 spiro atoms. The molecule has 2 aromatic rings. The van der Waals surface area contributed by atoms with Crippen LogP contribution in [0.15, 0.2) is 12.4 Å². The third-order valence-corrected chi connectivity index (χ3v) is 11.2. The van der Waals surface area contributed by atoms with Gasteiger partial charge in [-0.05, 0) is 11.5 Å². The van der Waals surface area contributed by atoms with Crippen molar-refractivity contribution < 1.29 is 14.7 Å². The van der Waals surface area contributed by atoms with Gasteiger partial charge in [0.15, 0.2) is 17.6 Å². The standard InChI is InChI=1S/C7H10N2OS.C6H15ClSi.C6H8N2O2S/c1-3-6-4-8-7(11-6)9-5(2)10;1-6(2,3)8(4,5)7;1-4(10)8-6-7-2-5(3-9)11-6/h4H,3H2,1-2H3,(H,8,9,10);1-5H3;2,9H,3H2,1H3,(H,7,8,10). The Labute approximate surface area is 193 Å². The maximum absolute atomic E-state index is 10.6. The summed E-state index contributed by atoms with van der Waals surface area (Å²) in [5.74, 6) is -0.217. The fourth-order valence-corrected chi connectivity index (χ4v) is 2.79. The van der Waals surface area contributed by atoms with Crippen molar-refractivity contribution in [2.75, 3.05) is 10.6 Å².